The summed E-state index contributed by atoms with van der Waals surface area (Å²) in [4.78, 5) is 5.38. The number of halogens is 4. The van der Waals surface area contributed by atoms with Crippen molar-refractivity contribution in [3.63, 3.8) is 0 Å². The lowest BCUT2D eigenvalue weighted by Gasteiger charge is -2.29. The number of morpholine rings is 1. The van der Waals surface area contributed by atoms with Crippen molar-refractivity contribution >= 4 is 18.6 Å². The van der Waals surface area contributed by atoms with Gasteiger partial charge in [-0.15, -0.1) is 0 Å². The van der Waals surface area contributed by atoms with Crippen molar-refractivity contribution in [2.24, 2.45) is 0 Å². The largest absolute Gasteiger partial charge is 0.673 e. The summed E-state index contributed by atoms with van der Waals surface area (Å²) in [6.07, 6.45) is 0. The number of rotatable bonds is 3. The van der Waals surface area contributed by atoms with Crippen LogP contribution in [0.25, 0.3) is 4.98 Å². The molecule has 0 aromatic heterocycles. The molecule has 0 atom stereocenters. The Morgan fingerprint density at radius 3 is 1.87 bits per heavy atom. The van der Waals surface area contributed by atoms with Crippen LogP contribution in [0.15, 0.2) is 12.1 Å². The fraction of sp³-hybridized carbons (Fsp3) is 0.500. The molecule has 23 heavy (non-hydrogen) atoms. The van der Waals surface area contributed by atoms with Crippen LogP contribution in [0.1, 0.15) is 0 Å². The molecule has 2 rings (SSSR count). The van der Waals surface area contributed by atoms with Gasteiger partial charge >= 0.3 is 12.9 Å². The first-order valence-electron chi connectivity index (χ1n) is 6.61. The molecule has 128 valence electrons. The van der Waals surface area contributed by atoms with E-state index in [4.69, 9.17) is 19.6 Å². The van der Waals surface area contributed by atoms with Gasteiger partial charge in [-0.2, -0.15) is 0 Å². The normalized spacial score (nSPS) is 14.4. The van der Waals surface area contributed by atoms with Crippen molar-refractivity contribution in [3.8, 4) is 11.5 Å². The maximum absolute atomic E-state index is 9.75. The summed E-state index contributed by atoms with van der Waals surface area (Å²) in [5.41, 5.74) is 1.27. The van der Waals surface area contributed by atoms with Crippen LogP contribution in [0.4, 0.5) is 28.6 Å². The minimum Gasteiger partial charge on any atom is -0.489 e. The average Bonchev–Trinajstić information content (AvgIpc) is 2.52. The minimum atomic E-state index is -6.00. The maximum atomic E-state index is 9.75. The molecule has 11 heteroatoms. The van der Waals surface area contributed by atoms with Crippen LogP contribution in [-0.4, -0.2) is 47.8 Å². The molecule has 0 unspecified atom stereocenters. The highest BCUT2D eigenvalue weighted by atomic mass is 19.5. The first-order chi connectivity index (χ1) is 10.8. The zero-order valence-electron chi connectivity index (χ0n) is 12.6. The van der Waals surface area contributed by atoms with E-state index in [-0.39, 0.29) is 0 Å². The second kappa shape index (κ2) is 8.43. The predicted molar refractivity (Wildman–Crippen MR) is 77.5 cm³/mol. The van der Waals surface area contributed by atoms with Gasteiger partial charge in [0.2, 0.25) is 16.9 Å². The zero-order valence-corrected chi connectivity index (χ0v) is 12.6. The molecule has 1 heterocycles. The van der Waals surface area contributed by atoms with Crippen molar-refractivity contribution in [3.05, 3.63) is 17.1 Å². The van der Waals surface area contributed by atoms with E-state index in [2.05, 4.69) is 9.88 Å². The zero-order chi connectivity index (χ0) is 17.5. The molecule has 0 aliphatic carbocycles. The summed E-state index contributed by atoms with van der Waals surface area (Å²) in [5, 5.41) is 8.99. The van der Waals surface area contributed by atoms with Gasteiger partial charge in [0.1, 0.15) is 0 Å². The number of methoxy groups -OCH3 is 2. The SMILES string of the molecule is COc1cc(N2CCOCC2)cc(OC)c1[N+]#N.F[B-](F)(F)F. The molecule has 0 saturated carbocycles. The van der Waals surface area contributed by atoms with Crippen LogP contribution < -0.4 is 14.4 Å². The number of hydrogen-bond donors (Lipinski definition) is 0. The van der Waals surface area contributed by atoms with Crippen molar-refractivity contribution in [2.75, 3.05) is 45.4 Å². The number of ether oxygens (including phenoxy) is 3. The van der Waals surface area contributed by atoms with E-state index in [1.165, 1.54) is 14.2 Å². The number of benzene rings is 1. The molecule has 1 fully saturated rings. The summed E-state index contributed by atoms with van der Waals surface area (Å²) in [6, 6.07) is 3.67. The first-order valence-corrected chi connectivity index (χ1v) is 6.61. The van der Waals surface area contributed by atoms with Gasteiger partial charge in [-0.1, -0.05) is 0 Å². The lowest BCUT2D eigenvalue weighted by Crippen LogP contribution is -2.36. The third kappa shape index (κ3) is 6.19. The highest BCUT2D eigenvalue weighted by Crippen LogP contribution is 2.41. The Hall–Kier alpha value is -2.22. The van der Waals surface area contributed by atoms with Gasteiger partial charge in [0.15, 0.2) is 4.98 Å². The van der Waals surface area contributed by atoms with Crippen LogP contribution in [0.2, 0.25) is 0 Å². The van der Waals surface area contributed by atoms with Gasteiger partial charge in [0.25, 0.3) is 0 Å². The lowest BCUT2D eigenvalue weighted by molar-refractivity contribution is 0.122. The fourth-order valence-electron chi connectivity index (χ4n) is 1.98. The standard InChI is InChI=1S/C12H16N3O3.BF4/c1-16-10-7-9(15-3-5-18-6-4-15)8-11(17-2)12(10)14-13;2-1(3,4)5/h7-8H,3-6H2,1-2H3;/q+1;-1. The molecule has 1 aromatic rings. The Morgan fingerprint density at radius 1 is 1.09 bits per heavy atom. The topological polar surface area (TPSA) is 59.1 Å². The highest BCUT2D eigenvalue weighted by Gasteiger charge is 2.26. The number of anilines is 1. The molecule has 1 aliphatic rings. The van der Waals surface area contributed by atoms with E-state index in [1.807, 2.05) is 12.1 Å². The second-order valence-corrected chi connectivity index (χ2v) is 4.39. The fourth-order valence-corrected chi connectivity index (χ4v) is 1.98. The Labute approximate surface area is 130 Å². The summed E-state index contributed by atoms with van der Waals surface area (Å²) in [7, 11) is -2.93. The Morgan fingerprint density at radius 2 is 1.52 bits per heavy atom. The quantitative estimate of drug-likeness (QED) is 0.481. The van der Waals surface area contributed by atoms with Crippen molar-refractivity contribution in [2.45, 2.75) is 0 Å². The van der Waals surface area contributed by atoms with Crippen molar-refractivity contribution < 1.29 is 31.5 Å². The maximum Gasteiger partial charge on any atom is 0.673 e. The summed E-state index contributed by atoms with van der Waals surface area (Å²) >= 11 is 0. The van der Waals surface area contributed by atoms with E-state index in [1.54, 1.807) is 0 Å². The van der Waals surface area contributed by atoms with Crippen LogP contribution in [0.3, 0.4) is 0 Å². The van der Waals surface area contributed by atoms with E-state index in [9.17, 15) is 17.3 Å². The van der Waals surface area contributed by atoms with Crippen molar-refractivity contribution in [1.82, 2.24) is 0 Å². The van der Waals surface area contributed by atoms with Crippen LogP contribution in [0, 0.1) is 5.39 Å². The van der Waals surface area contributed by atoms with E-state index < -0.39 is 7.25 Å². The van der Waals surface area contributed by atoms with E-state index in [0.29, 0.717) is 30.4 Å². The van der Waals surface area contributed by atoms with Gasteiger partial charge in [0.05, 0.1) is 27.4 Å². The predicted octanol–water partition coefficient (Wildman–Crippen LogP) is 3.32. The Balaban J connectivity index is 0.000000463. The van der Waals surface area contributed by atoms with E-state index in [0.717, 1.165) is 18.8 Å². The lowest BCUT2D eigenvalue weighted by atomic mass is 10.2. The highest BCUT2D eigenvalue weighted by molar-refractivity contribution is 6.50. The third-order valence-electron chi connectivity index (χ3n) is 2.94. The number of nitrogens with zero attached hydrogens (tertiary/aromatic N) is 3. The molecule has 6 nitrogen and oxygen atoms in total. The number of hydrogen-bond acceptors (Lipinski definition) is 5. The molecular formula is C12H16BF4N3O3. The molecule has 0 bridgehead atoms. The van der Waals surface area contributed by atoms with Gasteiger partial charge in [-0.3, -0.25) is 0 Å². The van der Waals surface area contributed by atoms with Gasteiger partial charge in [0, 0.05) is 30.9 Å². The molecule has 1 saturated heterocycles. The average molecular weight is 337 g/mol. The monoisotopic (exact) mass is 337 g/mol. The summed E-state index contributed by atoms with van der Waals surface area (Å²) < 4.78 is 54.8. The summed E-state index contributed by atoms with van der Waals surface area (Å²) in [5.74, 6) is 0.969. The Kier molecular flexibility index (Phi) is 6.90. The smallest absolute Gasteiger partial charge is 0.489 e. The molecule has 1 aliphatic heterocycles. The molecule has 1 aromatic carbocycles. The first kappa shape index (κ1) is 18.8. The van der Waals surface area contributed by atoms with E-state index >= 15 is 0 Å². The molecule has 0 amide bonds. The second-order valence-electron chi connectivity index (χ2n) is 4.39. The van der Waals surface area contributed by atoms with Gasteiger partial charge < -0.3 is 36.4 Å². The van der Waals surface area contributed by atoms with Crippen LogP contribution in [0.5, 0.6) is 11.5 Å². The molecule has 0 spiro atoms. The molecule has 0 radical (unpaired) electrons. The Bertz CT molecular complexity index is 528. The third-order valence-corrected chi connectivity index (χ3v) is 2.94. The van der Waals surface area contributed by atoms with Gasteiger partial charge in [-0.25, -0.2) is 0 Å². The summed E-state index contributed by atoms with van der Waals surface area (Å²) in [6.45, 7) is 3.05. The molecular weight excluding hydrogens is 321 g/mol. The van der Waals surface area contributed by atoms with Crippen LogP contribution >= 0.6 is 0 Å². The minimum absolute atomic E-state index is 0.303. The van der Waals surface area contributed by atoms with Crippen molar-refractivity contribution in [1.29, 1.82) is 5.39 Å². The number of diazo groups is 1. The van der Waals surface area contributed by atoms with Crippen LogP contribution in [-0.2, 0) is 4.74 Å². The van der Waals surface area contributed by atoms with Gasteiger partial charge in [-0.05, 0) is 0 Å². The molecule has 0 N–H and O–H groups in total.